The van der Waals surface area contributed by atoms with Crippen molar-refractivity contribution in [2.75, 3.05) is 25.0 Å². The fourth-order valence-corrected chi connectivity index (χ4v) is 2.55. The maximum absolute atomic E-state index is 5.91. The molecule has 0 radical (unpaired) electrons. The summed E-state index contributed by atoms with van der Waals surface area (Å²) in [6, 6.07) is 5.84. The Morgan fingerprint density at radius 2 is 2.00 bits per heavy atom. The Kier molecular flexibility index (Phi) is 5.18. The van der Waals surface area contributed by atoms with Crippen LogP contribution in [0.5, 0.6) is 0 Å². The van der Waals surface area contributed by atoms with Gasteiger partial charge in [0, 0.05) is 29.1 Å². The Morgan fingerprint density at radius 3 is 2.60 bits per heavy atom. The number of aromatic nitrogens is 2. The van der Waals surface area contributed by atoms with Crippen molar-refractivity contribution in [3.8, 4) is 0 Å². The molecule has 108 valence electrons. The van der Waals surface area contributed by atoms with E-state index in [1.807, 2.05) is 30.1 Å². The van der Waals surface area contributed by atoms with E-state index in [9.17, 15) is 0 Å². The van der Waals surface area contributed by atoms with Gasteiger partial charge in [0.05, 0.1) is 5.52 Å². The summed E-state index contributed by atoms with van der Waals surface area (Å²) in [5, 5.41) is 0.908. The Morgan fingerprint density at radius 1 is 1.30 bits per heavy atom. The molecule has 1 aromatic heterocycles. The van der Waals surface area contributed by atoms with E-state index >= 15 is 0 Å². The van der Waals surface area contributed by atoms with Crippen LogP contribution in [0.4, 0.5) is 5.82 Å². The highest BCUT2D eigenvalue weighted by atomic mass is 127. The van der Waals surface area contributed by atoms with Crippen LogP contribution in [0.1, 0.15) is 5.82 Å². The van der Waals surface area contributed by atoms with Crippen molar-refractivity contribution in [2.24, 2.45) is 5.73 Å². The molecule has 0 aliphatic rings. The maximum atomic E-state index is 5.91. The zero-order valence-electron chi connectivity index (χ0n) is 10.6. The van der Waals surface area contributed by atoms with Crippen LogP contribution in [0.25, 0.3) is 10.9 Å². The van der Waals surface area contributed by atoms with Gasteiger partial charge in [-0.1, -0.05) is 34.8 Å². The van der Waals surface area contributed by atoms with E-state index in [4.69, 9.17) is 40.5 Å². The lowest BCUT2D eigenvalue weighted by Gasteiger charge is -2.21. The molecule has 20 heavy (non-hydrogen) atoms. The molecule has 0 atom stereocenters. The van der Waals surface area contributed by atoms with Gasteiger partial charge in [-0.15, -0.1) is 0 Å². The zero-order chi connectivity index (χ0) is 14.9. The summed E-state index contributed by atoms with van der Waals surface area (Å²) in [7, 11) is 1.90. The minimum atomic E-state index is -1.66. The summed E-state index contributed by atoms with van der Waals surface area (Å²) in [6.45, 7) is 1.16. The molecule has 0 bridgehead atoms. The normalized spacial score (nSPS) is 11.9. The van der Waals surface area contributed by atoms with Crippen LogP contribution in [0.3, 0.4) is 0 Å². The van der Waals surface area contributed by atoms with Crippen LogP contribution in [-0.2, 0) is 3.79 Å². The third-order valence-electron chi connectivity index (χ3n) is 2.72. The van der Waals surface area contributed by atoms with Crippen molar-refractivity contribution in [1.82, 2.24) is 9.97 Å². The van der Waals surface area contributed by atoms with Crippen molar-refractivity contribution >= 4 is 74.1 Å². The van der Waals surface area contributed by atoms with Crippen LogP contribution in [-0.4, -0.2) is 30.1 Å². The van der Waals surface area contributed by atoms with Gasteiger partial charge in [0.2, 0.25) is 3.79 Å². The van der Waals surface area contributed by atoms with Crippen molar-refractivity contribution in [3.63, 3.8) is 0 Å². The predicted molar refractivity (Wildman–Crippen MR) is 93.8 cm³/mol. The van der Waals surface area contributed by atoms with E-state index < -0.39 is 3.79 Å². The highest BCUT2D eigenvalue weighted by Crippen LogP contribution is 2.38. The van der Waals surface area contributed by atoms with Crippen molar-refractivity contribution in [2.45, 2.75) is 3.79 Å². The van der Waals surface area contributed by atoms with Gasteiger partial charge in [0.25, 0.3) is 0 Å². The van der Waals surface area contributed by atoms with Crippen molar-refractivity contribution in [1.29, 1.82) is 0 Å². The summed E-state index contributed by atoms with van der Waals surface area (Å²) in [6.07, 6.45) is 0. The second kappa shape index (κ2) is 6.36. The summed E-state index contributed by atoms with van der Waals surface area (Å²) < 4.78 is -0.571. The van der Waals surface area contributed by atoms with Gasteiger partial charge in [-0.2, -0.15) is 0 Å². The third-order valence-corrected chi connectivity index (χ3v) is 3.90. The summed E-state index contributed by atoms with van der Waals surface area (Å²) in [5.74, 6) is 0.871. The predicted octanol–water partition coefficient (Wildman–Crippen LogP) is 3.46. The number of halogens is 4. The topological polar surface area (TPSA) is 55.0 Å². The minimum absolute atomic E-state index is 0.162. The third kappa shape index (κ3) is 3.57. The van der Waals surface area contributed by atoms with Crippen LogP contribution in [0, 0.1) is 3.57 Å². The van der Waals surface area contributed by atoms with Gasteiger partial charge in [0.15, 0.2) is 5.82 Å². The van der Waals surface area contributed by atoms with E-state index in [0.717, 1.165) is 14.5 Å². The number of nitrogens with two attached hydrogens (primary N) is 1. The average molecular weight is 446 g/mol. The first-order chi connectivity index (χ1) is 9.32. The second-order valence-corrected chi connectivity index (χ2v) is 7.77. The van der Waals surface area contributed by atoms with Crippen LogP contribution >= 0.6 is 57.4 Å². The van der Waals surface area contributed by atoms with Gasteiger partial charge in [-0.3, -0.25) is 0 Å². The standard InChI is InChI=1S/C12H12Cl3IN4/c1-20(5-4-17)10-8-6-7(16)2-3-9(8)18-11(19-10)12(13,14)15/h2-3,6H,4-5,17H2,1H3. The van der Waals surface area contributed by atoms with E-state index in [1.54, 1.807) is 0 Å². The Balaban J connectivity index is 2.69. The average Bonchev–Trinajstić information content (AvgIpc) is 2.36. The van der Waals surface area contributed by atoms with Crippen molar-refractivity contribution in [3.05, 3.63) is 27.6 Å². The van der Waals surface area contributed by atoms with Crippen molar-refractivity contribution < 1.29 is 0 Å². The zero-order valence-corrected chi connectivity index (χ0v) is 15.0. The molecule has 0 aliphatic carbocycles. The molecule has 1 aromatic carbocycles. The van der Waals surface area contributed by atoms with Crippen LogP contribution in [0.2, 0.25) is 0 Å². The summed E-state index contributed by atoms with van der Waals surface area (Å²) in [4.78, 5) is 10.6. The SMILES string of the molecule is CN(CCN)c1nc(C(Cl)(Cl)Cl)nc2ccc(I)cc12. The van der Waals surface area contributed by atoms with Gasteiger partial charge in [0.1, 0.15) is 5.82 Å². The number of alkyl halides is 3. The molecule has 2 rings (SSSR count). The van der Waals surface area contributed by atoms with Gasteiger partial charge < -0.3 is 10.6 Å². The molecular weight excluding hydrogens is 433 g/mol. The molecule has 0 amide bonds. The summed E-state index contributed by atoms with van der Waals surface area (Å²) >= 11 is 20.0. The highest BCUT2D eigenvalue weighted by Gasteiger charge is 2.28. The number of benzene rings is 1. The lowest BCUT2D eigenvalue weighted by atomic mass is 10.2. The molecule has 0 saturated heterocycles. The quantitative estimate of drug-likeness (QED) is 0.581. The minimum Gasteiger partial charge on any atom is -0.358 e. The number of nitrogens with zero attached hydrogens (tertiary/aromatic N) is 3. The lowest BCUT2D eigenvalue weighted by molar-refractivity contribution is 0.857. The number of rotatable bonds is 3. The summed E-state index contributed by atoms with van der Waals surface area (Å²) in [5.41, 5.74) is 6.34. The first-order valence-electron chi connectivity index (χ1n) is 5.78. The number of anilines is 1. The number of likely N-dealkylation sites (N-methyl/N-ethyl adjacent to an activating group) is 1. The Labute approximate surface area is 145 Å². The molecule has 0 aliphatic heterocycles. The molecule has 2 N–H and O–H groups in total. The van der Waals surface area contributed by atoms with E-state index in [0.29, 0.717) is 18.9 Å². The van der Waals surface area contributed by atoms with Crippen LogP contribution < -0.4 is 10.6 Å². The van der Waals surface area contributed by atoms with E-state index in [-0.39, 0.29) is 5.82 Å². The molecule has 0 saturated carbocycles. The first-order valence-corrected chi connectivity index (χ1v) is 8.00. The first kappa shape index (κ1) is 16.3. The molecule has 0 spiro atoms. The molecule has 1 heterocycles. The highest BCUT2D eigenvalue weighted by molar-refractivity contribution is 14.1. The number of hydrogen-bond donors (Lipinski definition) is 1. The fraction of sp³-hybridized carbons (Fsp3) is 0.333. The van der Waals surface area contributed by atoms with Crippen LogP contribution in [0.15, 0.2) is 18.2 Å². The smallest absolute Gasteiger partial charge is 0.250 e. The van der Waals surface area contributed by atoms with Gasteiger partial charge >= 0.3 is 0 Å². The molecule has 4 nitrogen and oxygen atoms in total. The molecular formula is C12H12Cl3IN4. The lowest BCUT2D eigenvalue weighted by Crippen LogP contribution is -2.27. The monoisotopic (exact) mass is 444 g/mol. The number of fused-ring (bicyclic) bond motifs is 1. The molecule has 0 unspecified atom stereocenters. The second-order valence-electron chi connectivity index (χ2n) is 4.24. The molecule has 8 heteroatoms. The fourth-order valence-electron chi connectivity index (χ4n) is 1.80. The maximum Gasteiger partial charge on any atom is 0.250 e. The van der Waals surface area contributed by atoms with E-state index in [2.05, 4.69) is 32.6 Å². The largest absolute Gasteiger partial charge is 0.358 e. The molecule has 0 fully saturated rings. The van der Waals surface area contributed by atoms with Gasteiger partial charge in [-0.25, -0.2) is 9.97 Å². The number of hydrogen-bond acceptors (Lipinski definition) is 4. The van der Waals surface area contributed by atoms with E-state index in [1.165, 1.54) is 0 Å². The Bertz CT molecular complexity index is 630. The molecule has 2 aromatic rings. The van der Waals surface area contributed by atoms with Gasteiger partial charge in [-0.05, 0) is 40.8 Å². The Hall–Kier alpha value is -0.0800.